The highest BCUT2D eigenvalue weighted by molar-refractivity contribution is 7.80. The van der Waals surface area contributed by atoms with Crippen LogP contribution in [0.25, 0.3) is 10.9 Å². The molecule has 0 aliphatic heterocycles. The number of anilines is 1. The molecule has 0 aliphatic carbocycles. The van der Waals surface area contributed by atoms with E-state index in [-0.39, 0.29) is 22.1 Å². The van der Waals surface area contributed by atoms with Crippen LogP contribution in [0.3, 0.4) is 0 Å². The third kappa shape index (κ3) is 4.86. The van der Waals surface area contributed by atoms with Crippen LogP contribution in [-0.2, 0) is 0 Å². The number of nitrogens with zero attached hydrogens (tertiary/aromatic N) is 2. The van der Waals surface area contributed by atoms with Crippen LogP contribution in [0.5, 0.6) is 11.6 Å². The zero-order valence-corrected chi connectivity index (χ0v) is 14.8. The lowest BCUT2D eigenvalue weighted by Gasteiger charge is -2.08. The molecule has 0 radical (unpaired) electrons. The van der Waals surface area contributed by atoms with E-state index in [1.54, 1.807) is 24.3 Å². The number of benzene rings is 2. The molecule has 3 N–H and O–H groups in total. The van der Waals surface area contributed by atoms with Crippen LogP contribution >= 0.6 is 23.8 Å². The number of hydrogen-bond acceptors (Lipinski definition) is 4. The number of thiocarbonyl (C=S) groups is 1. The molecule has 3 rings (SSSR count). The van der Waals surface area contributed by atoms with Gasteiger partial charge in [-0.15, -0.1) is 23.4 Å². The van der Waals surface area contributed by atoms with Gasteiger partial charge in [0.2, 0.25) is 11.0 Å². The lowest BCUT2D eigenvalue weighted by Crippen LogP contribution is -2.16. The first-order valence-corrected chi connectivity index (χ1v) is 8.08. The van der Waals surface area contributed by atoms with Crippen LogP contribution in [0.15, 0.2) is 52.7 Å². The first-order chi connectivity index (χ1) is 12.7. The Labute approximate surface area is 160 Å². The summed E-state index contributed by atoms with van der Waals surface area (Å²) >= 11 is 10.8. The minimum absolute atomic E-state index is 0.0197. The Bertz CT molecular complexity index is 1020. The maximum Gasteiger partial charge on any atom is 0.573 e. The third-order valence-corrected chi connectivity index (χ3v) is 3.73. The van der Waals surface area contributed by atoms with Gasteiger partial charge in [0.15, 0.2) is 5.69 Å². The highest BCUT2D eigenvalue weighted by Crippen LogP contribution is 2.38. The quantitative estimate of drug-likeness (QED) is 0.368. The largest absolute Gasteiger partial charge is 0.573 e. The number of alkyl halides is 3. The number of H-pyrrole nitrogens is 1. The fourth-order valence-electron chi connectivity index (χ4n) is 2.22. The van der Waals surface area contributed by atoms with E-state index in [0.29, 0.717) is 16.2 Å². The Morgan fingerprint density at radius 3 is 2.56 bits per heavy atom. The van der Waals surface area contributed by atoms with Crippen molar-refractivity contribution >= 4 is 51.2 Å². The molecule has 0 spiro atoms. The van der Waals surface area contributed by atoms with Gasteiger partial charge in [-0.05, 0) is 54.7 Å². The summed E-state index contributed by atoms with van der Waals surface area (Å²) in [5, 5.41) is 21.0. The van der Waals surface area contributed by atoms with E-state index >= 15 is 0 Å². The summed E-state index contributed by atoms with van der Waals surface area (Å²) in [5.41, 5.74) is 0.901. The number of nitrogens with one attached hydrogen (secondary N) is 2. The first-order valence-electron chi connectivity index (χ1n) is 7.30. The van der Waals surface area contributed by atoms with E-state index in [0.717, 1.165) is 12.1 Å². The summed E-state index contributed by atoms with van der Waals surface area (Å²) in [6.07, 6.45) is -4.84. The molecule has 6 nitrogen and oxygen atoms in total. The minimum Gasteiger partial charge on any atom is -0.493 e. The highest BCUT2D eigenvalue weighted by Gasteiger charge is 2.31. The lowest BCUT2D eigenvalue weighted by molar-refractivity contribution is -0.274. The van der Waals surface area contributed by atoms with Crippen molar-refractivity contribution in [2.45, 2.75) is 6.36 Å². The second kappa shape index (κ2) is 7.41. The molecule has 140 valence electrons. The molecule has 1 aromatic heterocycles. The van der Waals surface area contributed by atoms with Crippen LogP contribution in [0.4, 0.5) is 24.5 Å². The van der Waals surface area contributed by atoms with Gasteiger partial charge in [-0.1, -0.05) is 11.6 Å². The Morgan fingerprint density at radius 1 is 1.19 bits per heavy atom. The molecule has 3 aromatic rings. The van der Waals surface area contributed by atoms with Gasteiger partial charge < -0.3 is 20.1 Å². The van der Waals surface area contributed by atoms with Crippen molar-refractivity contribution in [2.24, 2.45) is 10.2 Å². The van der Waals surface area contributed by atoms with Gasteiger partial charge in [0, 0.05) is 16.1 Å². The second-order valence-electron chi connectivity index (χ2n) is 5.21. The van der Waals surface area contributed by atoms with Crippen molar-refractivity contribution in [3.63, 3.8) is 0 Å². The monoisotopic (exact) mass is 414 g/mol. The molecule has 11 heteroatoms. The van der Waals surface area contributed by atoms with Gasteiger partial charge in [-0.2, -0.15) is 0 Å². The number of fused-ring (bicyclic) bond motifs is 1. The number of rotatable bonds is 3. The molecule has 0 unspecified atom stereocenters. The van der Waals surface area contributed by atoms with Crippen LogP contribution in [0.1, 0.15) is 0 Å². The second-order valence-corrected chi connectivity index (χ2v) is 6.04. The molecule has 0 bridgehead atoms. The van der Waals surface area contributed by atoms with Crippen molar-refractivity contribution < 1.29 is 23.0 Å². The van der Waals surface area contributed by atoms with Gasteiger partial charge in [-0.25, -0.2) is 0 Å². The maximum atomic E-state index is 12.4. The average molecular weight is 415 g/mol. The molecular weight excluding hydrogens is 405 g/mol. The molecule has 0 saturated carbocycles. The van der Waals surface area contributed by atoms with Gasteiger partial charge in [0.25, 0.3) is 0 Å². The zero-order valence-electron chi connectivity index (χ0n) is 13.2. The number of aromatic amines is 1. The number of hydrogen-bond donors (Lipinski definition) is 3. The topological polar surface area (TPSA) is 82.0 Å². The number of ether oxygens (including phenoxy) is 1. The zero-order chi connectivity index (χ0) is 19.6. The van der Waals surface area contributed by atoms with Crippen LogP contribution in [0, 0.1) is 0 Å². The predicted octanol–water partition coefficient (Wildman–Crippen LogP) is 5.91. The first kappa shape index (κ1) is 18.9. The van der Waals surface area contributed by atoms with Crippen LogP contribution < -0.4 is 10.1 Å². The lowest BCUT2D eigenvalue weighted by atomic mass is 10.2. The Morgan fingerprint density at radius 2 is 1.89 bits per heavy atom. The van der Waals surface area contributed by atoms with Gasteiger partial charge in [-0.3, -0.25) is 0 Å². The highest BCUT2D eigenvalue weighted by atomic mass is 35.5. The molecule has 0 atom stereocenters. The number of halogens is 4. The summed E-state index contributed by atoms with van der Waals surface area (Å²) in [6.45, 7) is 0. The molecular formula is C16H10ClF3N4O2S. The molecule has 27 heavy (non-hydrogen) atoms. The summed E-state index contributed by atoms with van der Waals surface area (Å²) in [5.74, 6) is -0.820. The molecule has 0 aliphatic rings. The van der Waals surface area contributed by atoms with Gasteiger partial charge >= 0.3 is 6.36 Å². The summed E-state index contributed by atoms with van der Waals surface area (Å²) in [4.78, 5) is 2.58. The third-order valence-electron chi connectivity index (χ3n) is 3.29. The molecule has 2 aromatic carbocycles. The summed E-state index contributed by atoms with van der Waals surface area (Å²) in [6, 6.07) is 10.2. The van der Waals surface area contributed by atoms with Crippen LogP contribution in [-0.4, -0.2) is 21.6 Å². The van der Waals surface area contributed by atoms with Crippen molar-refractivity contribution in [3.05, 3.63) is 47.5 Å². The SMILES string of the molecule is Oc1[nH]c2ccc(OC(F)(F)F)cc2c1N=NC(=S)Nc1ccc(Cl)cc1. The summed E-state index contributed by atoms with van der Waals surface area (Å²) in [7, 11) is 0. The Balaban J connectivity index is 1.83. The van der Waals surface area contributed by atoms with Gasteiger partial charge in [0.05, 0.1) is 5.52 Å². The molecule has 0 saturated heterocycles. The standard InChI is InChI=1S/C16H10ClF3N4O2S/c17-8-1-3-9(4-2-8)21-15(27)24-23-13-11-7-10(26-16(18,19)20)5-6-12(11)22-14(13)25/h1-7,22,25H,(H,21,27). The van der Waals surface area contributed by atoms with Crippen molar-refractivity contribution in [3.8, 4) is 11.6 Å². The van der Waals surface area contributed by atoms with Crippen LogP contribution in [0.2, 0.25) is 5.02 Å². The minimum atomic E-state index is -4.84. The van der Waals surface area contributed by atoms with Crippen molar-refractivity contribution in [1.29, 1.82) is 0 Å². The fraction of sp³-hybridized carbons (Fsp3) is 0.0625. The van der Waals surface area contributed by atoms with Gasteiger partial charge in [0.1, 0.15) is 5.75 Å². The maximum absolute atomic E-state index is 12.4. The van der Waals surface area contributed by atoms with E-state index in [1.165, 1.54) is 6.07 Å². The predicted molar refractivity (Wildman–Crippen MR) is 98.8 cm³/mol. The Kier molecular flexibility index (Phi) is 5.19. The number of aromatic hydroxyl groups is 1. The van der Waals surface area contributed by atoms with E-state index in [1.807, 2.05) is 0 Å². The van der Waals surface area contributed by atoms with E-state index in [4.69, 9.17) is 23.8 Å². The van der Waals surface area contributed by atoms with Crippen molar-refractivity contribution in [2.75, 3.05) is 5.32 Å². The number of azo groups is 1. The molecule has 0 fully saturated rings. The normalized spacial score (nSPS) is 11.9. The van der Waals surface area contributed by atoms with E-state index in [2.05, 4.69) is 25.3 Å². The molecule has 0 amide bonds. The average Bonchev–Trinajstić information content (AvgIpc) is 2.88. The number of aromatic nitrogens is 1. The van der Waals surface area contributed by atoms with E-state index in [9.17, 15) is 18.3 Å². The Hall–Kier alpha value is -2.85. The van der Waals surface area contributed by atoms with E-state index < -0.39 is 12.1 Å². The summed E-state index contributed by atoms with van der Waals surface area (Å²) < 4.78 is 41.0. The fourth-order valence-corrected chi connectivity index (χ4v) is 2.50. The smallest absolute Gasteiger partial charge is 0.493 e. The van der Waals surface area contributed by atoms with Crippen molar-refractivity contribution in [1.82, 2.24) is 4.98 Å². The molecule has 1 heterocycles.